The van der Waals surface area contributed by atoms with Gasteiger partial charge in [0.15, 0.2) is 0 Å². The van der Waals surface area contributed by atoms with Gasteiger partial charge in [0, 0.05) is 18.7 Å². The number of likely N-dealkylation sites (tertiary alicyclic amines) is 1. The number of carbonyl (C=O) groups excluding carboxylic acids is 1. The van der Waals surface area contributed by atoms with Gasteiger partial charge < -0.3 is 9.64 Å². The Morgan fingerprint density at radius 2 is 2.12 bits per heavy atom. The van der Waals surface area contributed by atoms with Gasteiger partial charge in [-0.25, -0.2) is 0 Å². The van der Waals surface area contributed by atoms with E-state index in [0.717, 1.165) is 30.8 Å². The van der Waals surface area contributed by atoms with E-state index in [1.807, 2.05) is 36.1 Å². The van der Waals surface area contributed by atoms with Crippen molar-refractivity contribution in [3.05, 3.63) is 24.3 Å². The van der Waals surface area contributed by atoms with Gasteiger partial charge in [0.1, 0.15) is 12.3 Å². The lowest BCUT2D eigenvalue weighted by Crippen LogP contribution is -2.41. The van der Waals surface area contributed by atoms with Gasteiger partial charge in [0.05, 0.1) is 6.61 Å². The van der Waals surface area contributed by atoms with Crippen LogP contribution in [0.5, 0.6) is 5.75 Å². The maximum Gasteiger partial charge on any atom is 0.246 e. The number of nitrogens with zero attached hydrogens (tertiary/aromatic N) is 5. The molecule has 0 saturated carbocycles. The van der Waals surface area contributed by atoms with E-state index < -0.39 is 0 Å². The van der Waals surface area contributed by atoms with Crippen molar-refractivity contribution in [2.24, 2.45) is 5.92 Å². The largest absolute Gasteiger partial charge is 0.494 e. The van der Waals surface area contributed by atoms with Crippen molar-refractivity contribution >= 4 is 5.91 Å². The van der Waals surface area contributed by atoms with E-state index >= 15 is 0 Å². The van der Waals surface area contributed by atoms with Gasteiger partial charge in [0.25, 0.3) is 0 Å². The lowest BCUT2D eigenvalue weighted by atomic mass is 10.0. The zero-order chi connectivity index (χ0) is 16.9. The summed E-state index contributed by atoms with van der Waals surface area (Å²) in [7, 11) is 0. The van der Waals surface area contributed by atoms with Crippen LogP contribution in [0.25, 0.3) is 11.4 Å². The molecule has 2 heterocycles. The summed E-state index contributed by atoms with van der Waals surface area (Å²) in [6.45, 7) is 6.53. The molecule has 0 N–H and O–H groups in total. The molecule has 1 aliphatic heterocycles. The molecule has 1 aliphatic rings. The van der Waals surface area contributed by atoms with Crippen LogP contribution in [0.2, 0.25) is 0 Å². The summed E-state index contributed by atoms with van der Waals surface area (Å²) >= 11 is 0. The van der Waals surface area contributed by atoms with Gasteiger partial charge in [-0.05, 0) is 55.2 Å². The van der Waals surface area contributed by atoms with Crippen molar-refractivity contribution in [3.63, 3.8) is 0 Å². The Bertz CT molecular complexity index is 683. The first kappa shape index (κ1) is 16.4. The summed E-state index contributed by atoms with van der Waals surface area (Å²) in [5.74, 6) is 1.93. The average molecular weight is 329 g/mol. The Morgan fingerprint density at radius 1 is 1.33 bits per heavy atom. The third kappa shape index (κ3) is 3.90. The van der Waals surface area contributed by atoms with Crippen LogP contribution >= 0.6 is 0 Å². The highest BCUT2D eigenvalue weighted by Gasteiger charge is 2.21. The van der Waals surface area contributed by atoms with Crippen molar-refractivity contribution in [1.29, 1.82) is 0 Å². The predicted octanol–water partition coefficient (Wildman–Crippen LogP) is 2.00. The summed E-state index contributed by atoms with van der Waals surface area (Å²) < 4.78 is 5.42. The third-order valence-electron chi connectivity index (χ3n) is 4.16. The molecule has 0 aliphatic carbocycles. The Balaban J connectivity index is 1.63. The molecule has 1 saturated heterocycles. The molecule has 0 radical (unpaired) electrons. The van der Waals surface area contributed by atoms with E-state index in [2.05, 4.69) is 22.3 Å². The van der Waals surface area contributed by atoms with Crippen LogP contribution in [0, 0.1) is 5.92 Å². The summed E-state index contributed by atoms with van der Waals surface area (Å²) in [6, 6.07) is 7.53. The maximum absolute atomic E-state index is 12.4. The van der Waals surface area contributed by atoms with Crippen LogP contribution in [0.15, 0.2) is 24.3 Å². The number of rotatable bonds is 5. The normalized spacial score (nSPS) is 17.8. The highest BCUT2D eigenvalue weighted by atomic mass is 16.5. The molecule has 0 spiro atoms. The number of carbonyl (C=O) groups is 1. The first-order valence-corrected chi connectivity index (χ1v) is 8.44. The monoisotopic (exact) mass is 329 g/mol. The molecule has 128 valence electrons. The number of tetrazole rings is 1. The van der Waals surface area contributed by atoms with E-state index in [9.17, 15) is 4.79 Å². The SMILES string of the molecule is CCOc1ccc(-c2nnn(CC(=O)N3CCC[C@H](C)C3)n2)cc1. The summed E-state index contributed by atoms with van der Waals surface area (Å²) in [5, 5.41) is 12.4. The van der Waals surface area contributed by atoms with Gasteiger partial charge in [-0.1, -0.05) is 6.92 Å². The van der Waals surface area contributed by atoms with E-state index in [1.54, 1.807) is 0 Å². The molecule has 7 nitrogen and oxygen atoms in total. The molecular formula is C17H23N5O2. The lowest BCUT2D eigenvalue weighted by Gasteiger charge is -2.30. The highest BCUT2D eigenvalue weighted by molar-refractivity contribution is 5.75. The van der Waals surface area contributed by atoms with E-state index in [1.165, 1.54) is 11.2 Å². The number of benzene rings is 1. The predicted molar refractivity (Wildman–Crippen MR) is 89.4 cm³/mol. The van der Waals surface area contributed by atoms with Gasteiger partial charge in [-0.2, -0.15) is 4.80 Å². The number of hydrogen-bond donors (Lipinski definition) is 0. The Kier molecular flexibility index (Phi) is 5.08. The number of hydrogen-bond acceptors (Lipinski definition) is 5. The molecule has 7 heteroatoms. The molecule has 2 aromatic rings. The van der Waals surface area contributed by atoms with E-state index in [-0.39, 0.29) is 12.5 Å². The second-order valence-electron chi connectivity index (χ2n) is 6.19. The Labute approximate surface area is 141 Å². The number of ether oxygens (including phenoxy) is 1. The number of amides is 1. The van der Waals surface area contributed by atoms with Crippen LogP contribution in [-0.2, 0) is 11.3 Å². The standard InChI is InChI=1S/C17H23N5O2/c1-3-24-15-8-6-14(7-9-15)17-18-20-22(19-17)12-16(23)21-10-4-5-13(2)11-21/h6-9,13H,3-5,10-12H2,1-2H3/t13-/m0/s1. The van der Waals surface area contributed by atoms with Crippen LogP contribution < -0.4 is 4.74 Å². The van der Waals surface area contributed by atoms with Crippen molar-refractivity contribution in [2.75, 3.05) is 19.7 Å². The van der Waals surface area contributed by atoms with Crippen LogP contribution in [0.3, 0.4) is 0 Å². The zero-order valence-electron chi connectivity index (χ0n) is 14.2. The number of aromatic nitrogens is 4. The summed E-state index contributed by atoms with van der Waals surface area (Å²) in [4.78, 5) is 15.6. The van der Waals surface area contributed by atoms with E-state index in [0.29, 0.717) is 18.3 Å². The topological polar surface area (TPSA) is 73.1 Å². The second-order valence-corrected chi connectivity index (χ2v) is 6.19. The molecule has 3 rings (SSSR count). The van der Waals surface area contributed by atoms with Crippen molar-refractivity contribution in [2.45, 2.75) is 33.2 Å². The lowest BCUT2D eigenvalue weighted by molar-refractivity contribution is -0.134. The van der Waals surface area contributed by atoms with Gasteiger partial charge in [-0.15, -0.1) is 10.2 Å². The molecule has 24 heavy (non-hydrogen) atoms. The second kappa shape index (κ2) is 7.42. The van der Waals surface area contributed by atoms with E-state index in [4.69, 9.17) is 4.74 Å². The highest BCUT2D eigenvalue weighted by Crippen LogP contribution is 2.19. The Morgan fingerprint density at radius 3 is 2.83 bits per heavy atom. The molecule has 1 atom stereocenters. The van der Waals surface area contributed by atoms with Crippen molar-refractivity contribution in [3.8, 4) is 17.1 Å². The minimum absolute atomic E-state index is 0.0530. The van der Waals surface area contributed by atoms with Crippen molar-refractivity contribution in [1.82, 2.24) is 25.1 Å². The van der Waals surface area contributed by atoms with Crippen LogP contribution in [-0.4, -0.2) is 50.7 Å². The third-order valence-corrected chi connectivity index (χ3v) is 4.16. The molecule has 0 unspecified atom stereocenters. The fraction of sp³-hybridized carbons (Fsp3) is 0.529. The smallest absolute Gasteiger partial charge is 0.246 e. The molecule has 1 aromatic heterocycles. The van der Waals surface area contributed by atoms with Gasteiger partial charge >= 0.3 is 0 Å². The fourth-order valence-electron chi connectivity index (χ4n) is 2.93. The Hall–Kier alpha value is -2.44. The quantitative estimate of drug-likeness (QED) is 0.839. The molecule has 0 bridgehead atoms. The molecule has 1 fully saturated rings. The number of piperidine rings is 1. The minimum atomic E-state index is 0.0530. The molecular weight excluding hydrogens is 306 g/mol. The maximum atomic E-state index is 12.4. The molecule has 1 aromatic carbocycles. The first-order chi connectivity index (χ1) is 11.7. The average Bonchev–Trinajstić information content (AvgIpc) is 3.04. The summed E-state index contributed by atoms with van der Waals surface area (Å²) in [5.41, 5.74) is 0.851. The first-order valence-electron chi connectivity index (χ1n) is 8.44. The summed E-state index contributed by atoms with van der Waals surface area (Å²) in [6.07, 6.45) is 2.25. The van der Waals surface area contributed by atoms with Gasteiger partial charge in [-0.3, -0.25) is 4.79 Å². The van der Waals surface area contributed by atoms with Gasteiger partial charge in [0.2, 0.25) is 11.7 Å². The fourth-order valence-corrected chi connectivity index (χ4v) is 2.93. The van der Waals surface area contributed by atoms with Crippen molar-refractivity contribution < 1.29 is 9.53 Å². The van der Waals surface area contributed by atoms with Crippen LogP contribution in [0.1, 0.15) is 26.7 Å². The minimum Gasteiger partial charge on any atom is -0.494 e. The zero-order valence-corrected chi connectivity index (χ0v) is 14.2. The van der Waals surface area contributed by atoms with Crippen LogP contribution in [0.4, 0.5) is 0 Å². The molecule has 1 amide bonds.